The molecule has 6 heteroatoms. The molecule has 0 heterocycles. The van der Waals surface area contributed by atoms with Crippen LogP contribution >= 0.6 is 27.5 Å². The first-order valence-electron chi connectivity index (χ1n) is 10.2. The second-order valence-electron chi connectivity index (χ2n) is 7.96. The molecule has 3 rings (SSSR count). The van der Waals surface area contributed by atoms with Crippen LogP contribution in [0.15, 0.2) is 40.9 Å². The van der Waals surface area contributed by atoms with Crippen LogP contribution in [-0.2, 0) is 13.1 Å². The lowest BCUT2D eigenvalue weighted by Gasteiger charge is -2.33. The molecular weight excluding hydrogens is 455 g/mol. The molecule has 2 aromatic carbocycles. The van der Waals surface area contributed by atoms with Crippen molar-refractivity contribution in [2.24, 2.45) is 17.6 Å². The van der Waals surface area contributed by atoms with Crippen molar-refractivity contribution >= 4 is 27.5 Å². The Balaban J connectivity index is 1.76. The van der Waals surface area contributed by atoms with E-state index < -0.39 is 0 Å². The maximum atomic E-state index is 14.4. The highest BCUT2D eigenvalue weighted by molar-refractivity contribution is 9.10. The monoisotopic (exact) mass is 482 g/mol. The van der Waals surface area contributed by atoms with Crippen molar-refractivity contribution in [1.29, 1.82) is 0 Å². The van der Waals surface area contributed by atoms with Crippen molar-refractivity contribution in [2.75, 3.05) is 20.2 Å². The summed E-state index contributed by atoms with van der Waals surface area (Å²) in [5.41, 5.74) is 7.56. The van der Waals surface area contributed by atoms with Gasteiger partial charge in [-0.05, 0) is 89.8 Å². The average Bonchev–Trinajstić information content (AvgIpc) is 2.71. The van der Waals surface area contributed by atoms with Gasteiger partial charge in [0.1, 0.15) is 11.6 Å². The van der Waals surface area contributed by atoms with E-state index in [9.17, 15) is 4.39 Å². The first-order chi connectivity index (χ1) is 14.0. The van der Waals surface area contributed by atoms with Gasteiger partial charge >= 0.3 is 0 Å². The van der Waals surface area contributed by atoms with Gasteiger partial charge in [-0.25, -0.2) is 4.39 Å². The summed E-state index contributed by atoms with van der Waals surface area (Å²) in [7, 11) is 1.66. The van der Waals surface area contributed by atoms with Crippen molar-refractivity contribution in [3.8, 4) is 5.75 Å². The molecule has 0 atom stereocenters. The Morgan fingerprint density at radius 3 is 2.48 bits per heavy atom. The number of methoxy groups -OCH3 is 1. The normalized spacial score (nSPS) is 19.5. The molecular formula is C23H29BrClFN2O. The van der Waals surface area contributed by atoms with E-state index >= 15 is 0 Å². The standard InChI is InChI=1S/C23H29BrClFN2O/c1-29-23-10-9-18(11-20(23)24)14-28(13-17-7-5-16(12-27)6-8-17)15-19-21(25)3-2-4-22(19)26/h2-4,9-11,16-17H,5-8,12-15,27H2,1H3. The maximum Gasteiger partial charge on any atom is 0.133 e. The lowest BCUT2D eigenvalue weighted by molar-refractivity contribution is 0.168. The molecule has 1 saturated carbocycles. The van der Waals surface area contributed by atoms with E-state index in [1.165, 1.54) is 31.7 Å². The van der Waals surface area contributed by atoms with Crippen LogP contribution in [0.25, 0.3) is 0 Å². The summed E-state index contributed by atoms with van der Waals surface area (Å²) in [6, 6.07) is 11.0. The van der Waals surface area contributed by atoms with E-state index in [1.807, 2.05) is 6.07 Å². The van der Waals surface area contributed by atoms with Gasteiger partial charge in [-0.15, -0.1) is 0 Å². The quantitative estimate of drug-likeness (QED) is 0.499. The number of ether oxygens (including phenoxy) is 1. The number of nitrogens with zero attached hydrogens (tertiary/aromatic N) is 1. The van der Waals surface area contributed by atoms with Crippen LogP contribution < -0.4 is 10.5 Å². The molecule has 0 bridgehead atoms. The predicted molar refractivity (Wildman–Crippen MR) is 121 cm³/mol. The number of rotatable bonds is 8. The zero-order valence-corrected chi connectivity index (χ0v) is 19.2. The van der Waals surface area contributed by atoms with E-state index in [2.05, 4.69) is 33.0 Å². The highest BCUT2D eigenvalue weighted by atomic mass is 79.9. The highest BCUT2D eigenvalue weighted by Crippen LogP contribution is 2.31. The van der Waals surface area contributed by atoms with Crippen molar-refractivity contribution in [3.63, 3.8) is 0 Å². The Morgan fingerprint density at radius 1 is 1.14 bits per heavy atom. The van der Waals surface area contributed by atoms with Crippen LogP contribution in [0.3, 0.4) is 0 Å². The van der Waals surface area contributed by atoms with Gasteiger partial charge in [-0.2, -0.15) is 0 Å². The molecule has 0 saturated heterocycles. The Labute approximate surface area is 186 Å². The molecule has 3 nitrogen and oxygen atoms in total. The molecule has 158 valence electrons. The van der Waals surface area contributed by atoms with Crippen LogP contribution in [-0.4, -0.2) is 25.1 Å². The van der Waals surface area contributed by atoms with Crippen LogP contribution in [0.5, 0.6) is 5.75 Å². The third-order valence-corrected chi connectivity index (χ3v) is 6.86. The Morgan fingerprint density at radius 2 is 1.86 bits per heavy atom. The third kappa shape index (κ3) is 6.17. The number of hydrogen-bond acceptors (Lipinski definition) is 3. The molecule has 1 aliphatic rings. The van der Waals surface area contributed by atoms with Gasteiger partial charge < -0.3 is 10.5 Å². The Hall–Kier alpha value is -1.14. The van der Waals surface area contributed by atoms with E-state index in [1.54, 1.807) is 19.2 Å². The first-order valence-corrected chi connectivity index (χ1v) is 11.3. The summed E-state index contributed by atoms with van der Waals surface area (Å²) in [5, 5.41) is 0.484. The average molecular weight is 484 g/mol. The second-order valence-corrected chi connectivity index (χ2v) is 9.22. The number of benzene rings is 2. The first kappa shape index (κ1) is 22.5. The molecule has 0 radical (unpaired) electrons. The highest BCUT2D eigenvalue weighted by Gasteiger charge is 2.23. The van der Waals surface area contributed by atoms with E-state index in [0.29, 0.717) is 29.0 Å². The van der Waals surface area contributed by atoms with Gasteiger partial charge in [0.15, 0.2) is 0 Å². The zero-order chi connectivity index (χ0) is 20.8. The van der Waals surface area contributed by atoms with Crippen molar-refractivity contribution in [1.82, 2.24) is 4.90 Å². The summed E-state index contributed by atoms with van der Waals surface area (Å²) in [5.74, 6) is 1.81. The van der Waals surface area contributed by atoms with Gasteiger partial charge in [0, 0.05) is 30.2 Å². The fourth-order valence-electron chi connectivity index (χ4n) is 4.17. The second kappa shape index (κ2) is 10.8. The van der Waals surface area contributed by atoms with Crippen LogP contribution in [0.1, 0.15) is 36.8 Å². The van der Waals surface area contributed by atoms with Gasteiger partial charge in [-0.1, -0.05) is 23.7 Å². The van der Waals surface area contributed by atoms with Crippen LogP contribution in [0.4, 0.5) is 4.39 Å². The summed E-state index contributed by atoms with van der Waals surface area (Å²) >= 11 is 9.88. The number of halogens is 3. The zero-order valence-electron chi connectivity index (χ0n) is 16.8. The minimum Gasteiger partial charge on any atom is -0.496 e. The van der Waals surface area contributed by atoms with E-state index in [-0.39, 0.29) is 5.82 Å². The lowest BCUT2D eigenvalue weighted by atomic mass is 9.82. The Bertz CT molecular complexity index is 791. The van der Waals surface area contributed by atoms with E-state index in [4.69, 9.17) is 22.1 Å². The minimum atomic E-state index is -0.245. The van der Waals surface area contributed by atoms with Gasteiger partial charge in [0.25, 0.3) is 0 Å². The summed E-state index contributed by atoms with van der Waals surface area (Å²) in [4.78, 5) is 2.31. The fraction of sp³-hybridized carbons (Fsp3) is 0.478. The van der Waals surface area contributed by atoms with Crippen LogP contribution in [0, 0.1) is 17.7 Å². The van der Waals surface area contributed by atoms with Gasteiger partial charge in [0.2, 0.25) is 0 Å². The molecule has 0 spiro atoms. The summed E-state index contributed by atoms with van der Waals surface area (Å²) < 4.78 is 20.7. The molecule has 2 N–H and O–H groups in total. The Kier molecular flexibility index (Phi) is 8.36. The molecule has 29 heavy (non-hydrogen) atoms. The summed E-state index contributed by atoms with van der Waals surface area (Å²) in [6.07, 6.45) is 4.72. The largest absolute Gasteiger partial charge is 0.496 e. The molecule has 1 aliphatic carbocycles. The van der Waals surface area contributed by atoms with Crippen LogP contribution in [0.2, 0.25) is 5.02 Å². The molecule has 0 aromatic heterocycles. The molecule has 0 unspecified atom stereocenters. The SMILES string of the molecule is COc1ccc(CN(Cc2c(F)cccc2Cl)CC2CCC(CN)CC2)cc1Br. The molecule has 1 fully saturated rings. The minimum absolute atomic E-state index is 0.245. The maximum absolute atomic E-state index is 14.4. The summed E-state index contributed by atoms with van der Waals surface area (Å²) in [6.45, 7) is 2.92. The lowest BCUT2D eigenvalue weighted by Crippen LogP contribution is -2.32. The van der Waals surface area contributed by atoms with Crippen molar-refractivity contribution in [2.45, 2.75) is 38.8 Å². The predicted octanol–water partition coefficient (Wildman–Crippen LogP) is 6.02. The molecule has 0 amide bonds. The van der Waals surface area contributed by atoms with Crippen molar-refractivity contribution < 1.29 is 9.13 Å². The fourth-order valence-corrected chi connectivity index (χ4v) is 4.98. The molecule has 2 aromatic rings. The third-order valence-electron chi connectivity index (χ3n) is 5.88. The molecule has 0 aliphatic heterocycles. The smallest absolute Gasteiger partial charge is 0.133 e. The number of hydrogen-bond donors (Lipinski definition) is 1. The van der Waals surface area contributed by atoms with E-state index in [0.717, 1.165) is 35.4 Å². The van der Waals surface area contributed by atoms with Gasteiger partial charge in [-0.3, -0.25) is 4.90 Å². The number of nitrogens with two attached hydrogens (primary N) is 1. The van der Waals surface area contributed by atoms with Gasteiger partial charge in [0.05, 0.1) is 11.6 Å². The van der Waals surface area contributed by atoms with Crippen molar-refractivity contribution in [3.05, 3.63) is 62.8 Å². The topological polar surface area (TPSA) is 38.5 Å².